The number of aliphatic hydroxyl groups is 1. The smallest absolute Gasteiger partial charge is 0.0779 e. The molecule has 43 valence electrons. The minimum Gasteiger partial charge on any atom is -0.397 e. The van der Waals surface area contributed by atoms with E-state index in [1.54, 1.807) is 0 Å². The lowest BCUT2D eigenvalue weighted by Crippen LogP contribution is -2.22. The molecule has 2 heteroatoms. The predicted molar refractivity (Wildman–Crippen MR) is 33.8 cm³/mol. The van der Waals surface area contributed by atoms with Gasteiger partial charge >= 0.3 is 0 Å². The standard InChI is InChI=1S/C5H13OSi/c1-4-5(6)7(2)3/h5-6H,4H2,1-3H3. The summed E-state index contributed by atoms with van der Waals surface area (Å²) in [5, 5.41) is 8.98. The van der Waals surface area contributed by atoms with E-state index in [-0.39, 0.29) is 5.73 Å². The maximum atomic E-state index is 8.98. The summed E-state index contributed by atoms with van der Waals surface area (Å²) in [5.41, 5.74) is 0.00463. The number of rotatable bonds is 2. The fourth-order valence-electron chi connectivity index (χ4n) is 0.408. The molecule has 0 aliphatic rings. The van der Waals surface area contributed by atoms with Crippen LogP contribution in [0.1, 0.15) is 13.3 Å². The Morgan fingerprint density at radius 2 is 2.00 bits per heavy atom. The van der Waals surface area contributed by atoms with Crippen LogP contribution < -0.4 is 0 Å². The molecule has 0 aromatic rings. The second kappa shape index (κ2) is 3.21. The van der Waals surface area contributed by atoms with Gasteiger partial charge in [0.15, 0.2) is 0 Å². The summed E-state index contributed by atoms with van der Waals surface area (Å²) in [4.78, 5) is 0. The van der Waals surface area contributed by atoms with Crippen molar-refractivity contribution in [3.8, 4) is 0 Å². The topological polar surface area (TPSA) is 20.2 Å². The summed E-state index contributed by atoms with van der Waals surface area (Å²) >= 11 is 0. The fraction of sp³-hybridized carbons (Fsp3) is 1.00. The van der Waals surface area contributed by atoms with Gasteiger partial charge in [-0.15, -0.1) is 0 Å². The molecular weight excluding hydrogens is 104 g/mol. The molecule has 0 fully saturated rings. The Hall–Kier alpha value is 0.177. The van der Waals surface area contributed by atoms with Crippen LogP contribution in [0.25, 0.3) is 0 Å². The van der Waals surface area contributed by atoms with Crippen molar-refractivity contribution in [1.82, 2.24) is 0 Å². The van der Waals surface area contributed by atoms with E-state index in [4.69, 9.17) is 5.11 Å². The van der Waals surface area contributed by atoms with Crippen molar-refractivity contribution in [3.05, 3.63) is 0 Å². The maximum absolute atomic E-state index is 8.98. The molecule has 0 aromatic heterocycles. The van der Waals surface area contributed by atoms with Crippen molar-refractivity contribution in [2.75, 3.05) is 0 Å². The Balaban J connectivity index is 3.14. The molecule has 0 spiro atoms. The van der Waals surface area contributed by atoms with Gasteiger partial charge in [-0.25, -0.2) is 0 Å². The molecule has 0 aromatic carbocycles. The molecule has 0 saturated carbocycles. The highest BCUT2D eigenvalue weighted by Gasteiger charge is 2.05. The monoisotopic (exact) mass is 117 g/mol. The van der Waals surface area contributed by atoms with Crippen molar-refractivity contribution < 1.29 is 5.11 Å². The van der Waals surface area contributed by atoms with Gasteiger partial charge in [0.25, 0.3) is 0 Å². The molecular formula is C5H13OSi. The second-order valence-corrected chi connectivity index (χ2v) is 4.82. The lowest BCUT2D eigenvalue weighted by atomic mass is 10.5. The SMILES string of the molecule is CCC(O)[Si](C)C. The first kappa shape index (κ1) is 7.18. The van der Waals surface area contributed by atoms with E-state index < -0.39 is 8.80 Å². The highest BCUT2D eigenvalue weighted by atomic mass is 28.3. The summed E-state index contributed by atoms with van der Waals surface area (Å²) in [6.45, 7) is 6.26. The molecule has 1 nitrogen and oxygen atoms in total. The van der Waals surface area contributed by atoms with Gasteiger partial charge in [-0.3, -0.25) is 0 Å². The van der Waals surface area contributed by atoms with E-state index in [0.717, 1.165) is 6.42 Å². The van der Waals surface area contributed by atoms with Crippen LogP contribution in [-0.2, 0) is 0 Å². The van der Waals surface area contributed by atoms with E-state index in [9.17, 15) is 0 Å². The summed E-state index contributed by atoms with van der Waals surface area (Å²) in [5.74, 6) is 0. The molecule has 0 amide bonds. The van der Waals surface area contributed by atoms with Crippen LogP contribution in [0.3, 0.4) is 0 Å². The summed E-state index contributed by atoms with van der Waals surface area (Å²) in [6, 6.07) is 0. The lowest BCUT2D eigenvalue weighted by molar-refractivity contribution is 0.244. The Morgan fingerprint density at radius 3 is 2.00 bits per heavy atom. The number of hydrogen-bond acceptors (Lipinski definition) is 1. The predicted octanol–water partition coefficient (Wildman–Crippen LogP) is 1.05. The van der Waals surface area contributed by atoms with E-state index in [1.165, 1.54) is 0 Å². The molecule has 1 atom stereocenters. The highest BCUT2D eigenvalue weighted by molar-refractivity contribution is 6.57. The average molecular weight is 117 g/mol. The van der Waals surface area contributed by atoms with Crippen molar-refractivity contribution in [2.45, 2.75) is 32.2 Å². The van der Waals surface area contributed by atoms with Gasteiger partial charge in [-0.1, -0.05) is 20.0 Å². The van der Waals surface area contributed by atoms with Gasteiger partial charge in [-0.05, 0) is 6.42 Å². The van der Waals surface area contributed by atoms with E-state index in [0.29, 0.717) is 0 Å². The first-order valence-electron chi connectivity index (χ1n) is 2.66. The average Bonchev–Trinajstić information content (AvgIpc) is 1.65. The molecule has 0 aliphatic carbocycles. The van der Waals surface area contributed by atoms with Crippen LogP contribution in [0, 0.1) is 0 Å². The minimum absolute atomic E-state index is 0.00463. The van der Waals surface area contributed by atoms with Crippen LogP contribution in [0.2, 0.25) is 13.1 Å². The van der Waals surface area contributed by atoms with E-state index in [2.05, 4.69) is 13.1 Å². The normalized spacial score (nSPS) is 15.0. The molecule has 0 aliphatic heterocycles. The Bertz CT molecular complexity index is 45.3. The third-order valence-corrected chi connectivity index (χ3v) is 2.79. The van der Waals surface area contributed by atoms with Crippen molar-refractivity contribution in [1.29, 1.82) is 0 Å². The Kier molecular flexibility index (Phi) is 3.30. The molecule has 1 radical (unpaired) electrons. The van der Waals surface area contributed by atoms with Gasteiger partial charge in [0.1, 0.15) is 0 Å². The highest BCUT2D eigenvalue weighted by Crippen LogP contribution is 1.93. The third kappa shape index (κ3) is 2.82. The number of aliphatic hydroxyl groups excluding tert-OH is 1. The zero-order valence-corrected chi connectivity index (χ0v) is 6.23. The largest absolute Gasteiger partial charge is 0.397 e. The molecule has 0 bridgehead atoms. The van der Waals surface area contributed by atoms with E-state index in [1.807, 2.05) is 6.92 Å². The third-order valence-electron chi connectivity index (χ3n) is 1.05. The molecule has 7 heavy (non-hydrogen) atoms. The van der Waals surface area contributed by atoms with Crippen LogP contribution >= 0.6 is 0 Å². The van der Waals surface area contributed by atoms with Crippen LogP contribution in [0.4, 0.5) is 0 Å². The first-order valence-corrected chi connectivity index (χ1v) is 5.24. The summed E-state index contributed by atoms with van der Waals surface area (Å²) in [6.07, 6.45) is 0.918. The Morgan fingerprint density at radius 1 is 1.57 bits per heavy atom. The van der Waals surface area contributed by atoms with Crippen LogP contribution in [0.5, 0.6) is 0 Å². The van der Waals surface area contributed by atoms with Crippen molar-refractivity contribution in [3.63, 3.8) is 0 Å². The minimum atomic E-state index is -0.408. The molecule has 1 N–H and O–H groups in total. The molecule has 0 rings (SSSR count). The number of hydrogen-bond donors (Lipinski definition) is 1. The van der Waals surface area contributed by atoms with Crippen molar-refractivity contribution in [2.24, 2.45) is 0 Å². The summed E-state index contributed by atoms with van der Waals surface area (Å²) in [7, 11) is -0.408. The molecule has 0 saturated heterocycles. The van der Waals surface area contributed by atoms with E-state index >= 15 is 0 Å². The fourth-order valence-corrected chi connectivity index (χ4v) is 1.22. The zero-order chi connectivity index (χ0) is 5.86. The quantitative estimate of drug-likeness (QED) is 0.536. The molecule has 0 heterocycles. The van der Waals surface area contributed by atoms with Crippen LogP contribution in [0.15, 0.2) is 0 Å². The molecule has 1 unspecified atom stereocenters. The Labute approximate surface area is 47.0 Å². The van der Waals surface area contributed by atoms with Gasteiger partial charge < -0.3 is 5.11 Å². The zero-order valence-electron chi connectivity index (χ0n) is 5.23. The van der Waals surface area contributed by atoms with Crippen molar-refractivity contribution >= 4 is 8.80 Å². The second-order valence-electron chi connectivity index (χ2n) is 2.00. The van der Waals surface area contributed by atoms with Crippen LogP contribution in [-0.4, -0.2) is 19.6 Å². The lowest BCUT2D eigenvalue weighted by Gasteiger charge is -2.07. The van der Waals surface area contributed by atoms with Gasteiger partial charge in [0, 0.05) is 5.73 Å². The maximum Gasteiger partial charge on any atom is 0.0779 e. The van der Waals surface area contributed by atoms with Gasteiger partial charge in [-0.2, -0.15) is 0 Å². The summed E-state index contributed by atoms with van der Waals surface area (Å²) < 4.78 is 0. The van der Waals surface area contributed by atoms with Gasteiger partial charge in [0.2, 0.25) is 0 Å². The first-order chi connectivity index (χ1) is 3.18. The van der Waals surface area contributed by atoms with Gasteiger partial charge in [0.05, 0.1) is 8.80 Å².